The highest BCUT2D eigenvalue weighted by atomic mass is 16.3. The Hall–Kier alpha value is -2.43. The molecule has 110 valence electrons. The number of amides is 1. The van der Waals surface area contributed by atoms with E-state index in [1.807, 2.05) is 26.8 Å². The summed E-state index contributed by atoms with van der Waals surface area (Å²) in [5.41, 5.74) is 3.14. The molecule has 0 aliphatic rings. The van der Waals surface area contributed by atoms with Crippen molar-refractivity contribution in [2.45, 2.75) is 33.7 Å². The van der Waals surface area contributed by atoms with Crippen LogP contribution >= 0.6 is 0 Å². The number of para-hydroxylation sites is 1. The lowest BCUT2D eigenvalue weighted by atomic mass is 10.1. The van der Waals surface area contributed by atoms with Gasteiger partial charge in [0.1, 0.15) is 11.4 Å². The first kappa shape index (κ1) is 15.0. The summed E-state index contributed by atoms with van der Waals surface area (Å²) in [6.45, 7) is 7.27. The van der Waals surface area contributed by atoms with E-state index in [2.05, 4.69) is 15.3 Å². The number of phenolic OH excluding ortho intramolecular Hbond substituents is 1. The number of benzene rings is 1. The van der Waals surface area contributed by atoms with Crippen molar-refractivity contribution >= 4 is 5.91 Å². The fourth-order valence-electron chi connectivity index (χ4n) is 2.13. The van der Waals surface area contributed by atoms with Gasteiger partial charge in [-0.1, -0.05) is 18.2 Å². The number of phenols is 1. The number of nitrogens with one attached hydrogen (secondary N) is 1. The number of carbonyl (C=O) groups is 1. The number of aromatic hydroxyl groups is 1. The smallest absolute Gasteiger partial charge is 0.272 e. The molecule has 2 aromatic rings. The van der Waals surface area contributed by atoms with Gasteiger partial charge in [-0.15, -0.1) is 0 Å². The van der Waals surface area contributed by atoms with Gasteiger partial charge in [-0.05, 0) is 33.8 Å². The zero-order valence-electron chi connectivity index (χ0n) is 12.6. The molecule has 0 aliphatic heterocycles. The zero-order chi connectivity index (χ0) is 15.6. The summed E-state index contributed by atoms with van der Waals surface area (Å²) in [5.74, 6) is -0.132. The molecule has 1 atom stereocenters. The molecule has 5 nitrogen and oxygen atoms in total. The van der Waals surface area contributed by atoms with Crippen LogP contribution in [0.1, 0.15) is 46.1 Å². The van der Waals surface area contributed by atoms with E-state index in [0.29, 0.717) is 17.0 Å². The van der Waals surface area contributed by atoms with Crippen molar-refractivity contribution in [2.75, 3.05) is 0 Å². The summed E-state index contributed by atoms with van der Waals surface area (Å²) in [6, 6.07) is 6.62. The quantitative estimate of drug-likeness (QED) is 0.909. The van der Waals surface area contributed by atoms with Crippen molar-refractivity contribution in [3.05, 3.63) is 52.6 Å². The van der Waals surface area contributed by atoms with Gasteiger partial charge in [0, 0.05) is 5.56 Å². The maximum Gasteiger partial charge on any atom is 0.272 e. The molecule has 1 aromatic carbocycles. The molecule has 2 N–H and O–H groups in total. The Morgan fingerprint density at radius 1 is 1.10 bits per heavy atom. The van der Waals surface area contributed by atoms with E-state index in [1.54, 1.807) is 25.1 Å². The molecule has 0 saturated heterocycles. The lowest BCUT2D eigenvalue weighted by Gasteiger charge is -2.16. The Labute approximate surface area is 124 Å². The summed E-state index contributed by atoms with van der Waals surface area (Å²) in [7, 11) is 0. The van der Waals surface area contributed by atoms with Gasteiger partial charge < -0.3 is 10.4 Å². The Bertz CT molecular complexity index is 683. The first-order valence-corrected chi connectivity index (χ1v) is 6.80. The number of carbonyl (C=O) groups excluding carboxylic acids is 1. The SMILES string of the molecule is Cc1nc(C)c(C(=O)NC(C)c2ccccc2O)nc1C. The van der Waals surface area contributed by atoms with Crippen LogP contribution in [0.25, 0.3) is 0 Å². The molecule has 1 heterocycles. The van der Waals surface area contributed by atoms with Crippen LogP contribution in [0.4, 0.5) is 0 Å². The van der Waals surface area contributed by atoms with E-state index in [-0.39, 0.29) is 17.7 Å². The maximum absolute atomic E-state index is 12.3. The van der Waals surface area contributed by atoms with Gasteiger partial charge in [-0.25, -0.2) is 4.98 Å². The summed E-state index contributed by atoms with van der Waals surface area (Å²) < 4.78 is 0. The zero-order valence-corrected chi connectivity index (χ0v) is 12.6. The Balaban J connectivity index is 2.22. The predicted molar refractivity (Wildman–Crippen MR) is 80.2 cm³/mol. The number of hydrogen-bond acceptors (Lipinski definition) is 4. The second-order valence-corrected chi connectivity index (χ2v) is 5.08. The van der Waals surface area contributed by atoms with Crippen LogP contribution in [0, 0.1) is 20.8 Å². The van der Waals surface area contributed by atoms with Gasteiger partial charge in [-0.3, -0.25) is 9.78 Å². The second-order valence-electron chi connectivity index (χ2n) is 5.08. The number of nitrogens with zero attached hydrogens (tertiary/aromatic N) is 2. The van der Waals surface area contributed by atoms with Crippen LogP contribution in [-0.4, -0.2) is 21.0 Å². The molecular formula is C16H19N3O2. The third kappa shape index (κ3) is 3.18. The van der Waals surface area contributed by atoms with Crippen LogP contribution in [-0.2, 0) is 0 Å². The van der Waals surface area contributed by atoms with Crippen LogP contribution in [0.15, 0.2) is 24.3 Å². The van der Waals surface area contributed by atoms with Crippen molar-refractivity contribution in [3.63, 3.8) is 0 Å². The van der Waals surface area contributed by atoms with Crippen LogP contribution in [0.5, 0.6) is 5.75 Å². The van der Waals surface area contributed by atoms with Gasteiger partial charge in [0.15, 0.2) is 0 Å². The van der Waals surface area contributed by atoms with Crippen molar-refractivity contribution in [3.8, 4) is 5.75 Å². The average Bonchev–Trinajstić information content (AvgIpc) is 2.43. The van der Waals surface area contributed by atoms with E-state index < -0.39 is 0 Å². The highest BCUT2D eigenvalue weighted by molar-refractivity contribution is 5.93. The van der Waals surface area contributed by atoms with E-state index in [1.165, 1.54) is 0 Å². The Morgan fingerprint density at radius 3 is 2.38 bits per heavy atom. The molecule has 21 heavy (non-hydrogen) atoms. The van der Waals surface area contributed by atoms with E-state index in [9.17, 15) is 9.90 Å². The van der Waals surface area contributed by atoms with Crippen molar-refractivity contribution in [1.82, 2.24) is 15.3 Å². The molecule has 1 aromatic heterocycles. The molecule has 1 amide bonds. The number of aryl methyl sites for hydroxylation is 3. The highest BCUT2D eigenvalue weighted by Gasteiger charge is 2.18. The van der Waals surface area contributed by atoms with Crippen LogP contribution in [0.2, 0.25) is 0 Å². The summed E-state index contributed by atoms with van der Waals surface area (Å²) in [5, 5.41) is 12.7. The molecule has 0 radical (unpaired) electrons. The number of hydrogen-bond donors (Lipinski definition) is 2. The molecule has 2 rings (SSSR count). The van der Waals surface area contributed by atoms with Crippen molar-refractivity contribution in [1.29, 1.82) is 0 Å². The van der Waals surface area contributed by atoms with E-state index >= 15 is 0 Å². The largest absolute Gasteiger partial charge is 0.508 e. The summed E-state index contributed by atoms with van der Waals surface area (Å²) >= 11 is 0. The average molecular weight is 285 g/mol. The summed E-state index contributed by atoms with van der Waals surface area (Å²) in [4.78, 5) is 21.0. The minimum absolute atomic E-state index is 0.160. The van der Waals surface area contributed by atoms with Gasteiger partial charge in [0.2, 0.25) is 0 Å². The lowest BCUT2D eigenvalue weighted by molar-refractivity contribution is 0.0933. The minimum Gasteiger partial charge on any atom is -0.508 e. The molecule has 0 saturated carbocycles. The standard InChI is InChI=1S/C16H19N3O2/c1-9-10(2)18-15(12(4)17-9)16(21)19-11(3)13-7-5-6-8-14(13)20/h5-8,11,20H,1-4H3,(H,19,21). The normalized spacial score (nSPS) is 12.0. The van der Waals surface area contributed by atoms with Crippen molar-refractivity contribution in [2.24, 2.45) is 0 Å². The van der Waals surface area contributed by atoms with Gasteiger partial charge in [-0.2, -0.15) is 0 Å². The number of rotatable bonds is 3. The fourth-order valence-corrected chi connectivity index (χ4v) is 2.13. The molecule has 0 aliphatic carbocycles. The van der Waals surface area contributed by atoms with Gasteiger partial charge in [0.05, 0.1) is 23.1 Å². The molecule has 5 heteroatoms. The molecule has 0 bridgehead atoms. The second kappa shape index (κ2) is 5.91. The third-order valence-corrected chi connectivity index (χ3v) is 3.45. The van der Waals surface area contributed by atoms with Gasteiger partial charge >= 0.3 is 0 Å². The first-order chi connectivity index (χ1) is 9.90. The van der Waals surface area contributed by atoms with E-state index in [0.717, 1.165) is 11.4 Å². The monoisotopic (exact) mass is 285 g/mol. The fraction of sp³-hybridized carbons (Fsp3) is 0.312. The molecule has 1 unspecified atom stereocenters. The lowest BCUT2D eigenvalue weighted by Crippen LogP contribution is -2.29. The Kier molecular flexibility index (Phi) is 4.21. The van der Waals surface area contributed by atoms with Gasteiger partial charge in [0.25, 0.3) is 5.91 Å². The minimum atomic E-state index is -0.318. The molecule has 0 spiro atoms. The topological polar surface area (TPSA) is 75.1 Å². The Morgan fingerprint density at radius 2 is 1.71 bits per heavy atom. The third-order valence-electron chi connectivity index (χ3n) is 3.45. The highest BCUT2D eigenvalue weighted by Crippen LogP contribution is 2.23. The summed E-state index contributed by atoms with van der Waals surface area (Å²) in [6.07, 6.45) is 0. The molecule has 0 fully saturated rings. The van der Waals surface area contributed by atoms with E-state index in [4.69, 9.17) is 0 Å². The van der Waals surface area contributed by atoms with Crippen LogP contribution in [0.3, 0.4) is 0 Å². The predicted octanol–water partition coefficient (Wildman–Crippen LogP) is 2.60. The number of aromatic nitrogens is 2. The van der Waals surface area contributed by atoms with Crippen molar-refractivity contribution < 1.29 is 9.90 Å². The molecular weight excluding hydrogens is 266 g/mol. The first-order valence-electron chi connectivity index (χ1n) is 6.80. The maximum atomic E-state index is 12.3. The van der Waals surface area contributed by atoms with Crippen LogP contribution < -0.4 is 5.32 Å².